The van der Waals surface area contributed by atoms with Crippen LogP contribution < -0.4 is 11.1 Å². The molecule has 0 heterocycles. The molecule has 1 rings (SSSR count). The van der Waals surface area contributed by atoms with Crippen molar-refractivity contribution in [3.63, 3.8) is 0 Å². The van der Waals surface area contributed by atoms with Crippen LogP contribution in [0.3, 0.4) is 0 Å². The zero-order valence-electron chi connectivity index (χ0n) is 10.8. The molecule has 0 atom stereocenters. The summed E-state index contributed by atoms with van der Waals surface area (Å²) in [4.78, 5) is 0. The fourth-order valence-electron chi connectivity index (χ4n) is 2.76. The summed E-state index contributed by atoms with van der Waals surface area (Å²) in [7, 11) is 0. The van der Waals surface area contributed by atoms with Gasteiger partial charge in [0.05, 0.1) is 5.66 Å². The minimum absolute atomic E-state index is 0.0859. The van der Waals surface area contributed by atoms with E-state index < -0.39 is 0 Å². The van der Waals surface area contributed by atoms with Crippen molar-refractivity contribution >= 4 is 0 Å². The first-order chi connectivity index (χ1) is 6.94. The summed E-state index contributed by atoms with van der Waals surface area (Å²) in [6, 6.07) is 0.549. The average molecular weight is 212 g/mol. The van der Waals surface area contributed by atoms with Gasteiger partial charge in [-0.3, -0.25) is 5.32 Å². The maximum Gasteiger partial charge on any atom is 0.0664 e. The standard InChI is InChI=1S/C13H28N2/c1-10(2)12(11(3)4)15-13(14)8-6-5-7-9-13/h10-12,15H,5-9,14H2,1-4H3. The van der Waals surface area contributed by atoms with Gasteiger partial charge in [0.15, 0.2) is 0 Å². The summed E-state index contributed by atoms with van der Waals surface area (Å²) in [6.45, 7) is 9.13. The molecule has 0 bridgehead atoms. The van der Waals surface area contributed by atoms with E-state index in [0.717, 1.165) is 12.8 Å². The molecule has 0 amide bonds. The molecule has 0 radical (unpaired) electrons. The third kappa shape index (κ3) is 3.76. The first-order valence-corrected chi connectivity index (χ1v) is 6.51. The molecule has 0 spiro atoms. The first kappa shape index (κ1) is 13.0. The van der Waals surface area contributed by atoms with Crippen molar-refractivity contribution in [2.45, 2.75) is 71.5 Å². The van der Waals surface area contributed by atoms with E-state index >= 15 is 0 Å². The fraction of sp³-hybridized carbons (Fsp3) is 1.00. The van der Waals surface area contributed by atoms with Crippen molar-refractivity contribution in [3.8, 4) is 0 Å². The van der Waals surface area contributed by atoms with Gasteiger partial charge in [-0.25, -0.2) is 0 Å². The molecule has 3 N–H and O–H groups in total. The normalized spacial score (nSPS) is 21.6. The topological polar surface area (TPSA) is 38.0 Å². The van der Waals surface area contributed by atoms with Crippen LogP contribution in [0.4, 0.5) is 0 Å². The van der Waals surface area contributed by atoms with Crippen LogP contribution >= 0.6 is 0 Å². The van der Waals surface area contributed by atoms with Gasteiger partial charge in [-0.15, -0.1) is 0 Å². The summed E-state index contributed by atoms with van der Waals surface area (Å²) < 4.78 is 0. The van der Waals surface area contributed by atoms with Gasteiger partial charge in [0.1, 0.15) is 0 Å². The summed E-state index contributed by atoms with van der Waals surface area (Å²) in [5, 5.41) is 3.71. The van der Waals surface area contributed by atoms with E-state index in [0.29, 0.717) is 17.9 Å². The number of nitrogens with one attached hydrogen (secondary N) is 1. The predicted molar refractivity (Wildman–Crippen MR) is 66.6 cm³/mol. The van der Waals surface area contributed by atoms with E-state index in [9.17, 15) is 0 Å². The molecule has 2 nitrogen and oxygen atoms in total. The Morgan fingerprint density at radius 3 is 1.80 bits per heavy atom. The molecular formula is C13H28N2. The molecule has 0 unspecified atom stereocenters. The van der Waals surface area contributed by atoms with E-state index in [-0.39, 0.29) is 5.66 Å². The Labute approximate surface area is 95.0 Å². The molecule has 1 saturated carbocycles. The molecule has 0 aromatic carbocycles. The summed E-state index contributed by atoms with van der Waals surface area (Å²) >= 11 is 0. The lowest BCUT2D eigenvalue weighted by Gasteiger charge is -2.40. The van der Waals surface area contributed by atoms with Crippen LogP contribution in [-0.4, -0.2) is 11.7 Å². The SMILES string of the molecule is CC(C)C(NC1(N)CCCCC1)C(C)C. The smallest absolute Gasteiger partial charge is 0.0664 e. The second-order valence-corrected chi connectivity index (χ2v) is 5.87. The molecule has 90 valence electrons. The van der Waals surface area contributed by atoms with Crippen LogP contribution in [0.5, 0.6) is 0 Å². The van der Waals surface area contributed by atoms with Crippen molar-refractivity contribution in [1.29, 1.82) is 0 Å². The van der Waals surface area contributed by atoms with Gasteiger partial charge in [0.2, 0.25) is 0 Å². The lowest BCUT2D eigenvalue weighted by Crippen LogP contribution is -2.60. The van der Waals surface area contributed by atoms with Crippen LogP contribution in [-0.2, 0) is 0 Å². The number of rotatable bonds is 4. The number of nitrogens with two attached hydrogens (primary N) is 1. The molecule has 0 aliphatic heterocycles. The second kappa shape index (κ2) is 5.31. The highest BCUT2D eigenvalue weighted by Gasteiger charge is 2.31. The van der Waals surface area contributed by atoms with Crippen LogP contribution in [0.25, 0.3) is 0 Å². The van der Waals surface area contributed by atoms with E-state index in [4.69, 9.17) is 5.73 Å². The minimum Gasteiger partial charge on any atom is -0.313 e. The molecule has 1 aliphatic carbocycles. The molecule has 1 aliphatic rings. The quantitative estimate of drug-likeness (QED) is 0.703. The van der Waals surface area contributed by atoms with Gasteiger partial charge in [0.25, 0.3) is 0 Å². The first-order valence-electron chi connectivity index (χ1n) is 6.51. The van der Waals surface area contributed by atoms with E-state index in [2.05, 4.69) is 33.0 Å². The van der Waals surface area contributed by atoms with Gasteiger partial charge in [0, 0.05) is 6.04 Å². The minimum atomic E-state index is -0.0859. The van der Waals surface area contributed by atoms with Crippen molar-refractivity contribution in [2.24, 2.45) is 17.6 Å². The Morgan fingerprint density at radius 1 is 0.933 bits per heavy atom. The second-order valence-electron chi connectivity index (χ2n) is 5.87. The molecule has 0 saturated heterocycles. The number of hydrogen-bond acceptors (Lipinski definition) is 2. The third-order valence-electron chi connectivity index (χ3n) is 3.64. The van der Waals surface area contributed by atoms with Crippen molar-refractivity contribution < 1.29 is 0 Å². The molecule has 0 aromatic rings. The van der Waals surface area contributed by atoms with E-state index in [1.165, 1.54) is 19.3 Å². The van der Waals surface area contributed by atoms with Crippen molar-refractivity contribution in [3.05, 3.63) is 0 Å². The predicted octanol–water partition coefficient (Wildman–Crippen LogP) is 2.88. The molecule has 0 aromatic heterocycles. The maximum absolute atomic E-state index is 6.42. The molecule has 15 heavy (non-hydrogen) atoms. The summed E-state index contributed by atoms with van der Waals surface area (Å²) in [5.74, 6) is 1.32. The molecular weight excluding hydrogens is 184 g/mol. The van der Waals surface area contributed by atoms with Crippen LogP contribution in [0.2, 0.25) is 0 Å². The van der Waals surface area contributed by atoms with Crippen molar-refractivity contribution in [2.75, 3.05) is 0 Å². The summed E-state index contributed by atoms with van der Waals surface area (Å²) in [5.41, 5.74) is 6.34. The Bertz CT molecular complexity index is 173. The Balaban J connectivity index is 2.55. The Morgan fingerprint density at radius 2 is 1.40 bits per heavy atom. The zero-order chi connectivity index (χ0) is 11.5. The van der Waals surface area contributed by atoms with Crippen molar-refractivity contribution in [1.82, 2.24) is 5.32 Å². The van der Waals surface area contributed by atoms with Gasteiger partial charge in [-0.05, 0) is 24.7 Å². The molecule has 2 heteroatoms. The Kier molecular flexibility index (Phi) is 4.60. The number of hydrogen-bond donors (Lipinski definition) is 2. The maximum atomic E-state index is 6.42. The fourth-order valence-corrected chi connectivity index (χ4v) is 2.76. The van der Waals surface area contributed by atoms with Gasteiger partial charge in [-0.2, -0.15) is 0 Å². The van der Waals surface area contributed by atoms with E-state index in [1.54, 1.807) is 0 Å². The lowest BCUT2D eigenvalue weighted by molar-refractivity contribution is 0.168. The van der Waals surface area contributed by atoms with Gasteiger partial charge >= 0.3 is 0 Å². The highest BCUT2D eigenvalue weighted by Crippen LogP contribution is 2.26. The average Bonchev–Trinajstić information content (AvgIpc) is 2.14. The highest BCUT2D eigenvalue weighted by molar-refractivity contribution is 4.89. The largest absolute Gasteiger partial charge is 0.313 e. The summed E-state index contributed by atoms with van der Waals surface area (Å²) in [6.07, 6.45) is 6.21. The third-order valence-corrected chi connectivity index (χ3v) is 3.64. The highest BCUT2D eigenvalue weighted by atomic mass is 15.1. The van der Waals surface area contributed by atoms with Crippen LogP contribution in [0, 0.1) is 11.8 Å². The monoisotopic (exact) mass is 212 g/mol. The van der Waals surface area contributed by atoms with Gasteiger partial charge < -0.3 is 5.73 Å². The lowest BCUT2D eigenvalue weighted by atomic mass is 9.85. The zero-order valence-corrected chi connectivity index (χ0v) is 10.8. The van der Waals surface area contributed by atoms with Crippen LogP contribution in [0.1, 0.15) is 59.8 Å². The molecule has 1 fully saturated rings. The van der Waals surface area contributed by atoms with Gasteiger partial charge in [-0.1, -0.05) is 47.0 Å². The van der Waals surface area contributed by atoms with Crippen LogP contribution in [0.15, 0.2) is 0 Å². The Hall–Kier alpha value is -0.0800. The van der Waals surface area contributed by atoms with E-state index in [1.807, 2.05) is 0 Å².